The molecular weight excluding hydrogens is 251 g/mol. The highest BCUT2D eigenvalue weighted by Crippen LogP contribution is 2.30. The lowest BCUT2D eigenvalue weighted by atomic mass is 10.00. The molecule has 5 heteroatoms. The molecule has 1 aliphatic carbocycles. The number of sulfone groups is 1. The first-order chi connectivity index (χ1) is 7.50. The zero-order chi connectivity index (χ0) is 11.8. The van der Waals surface area contributed by atoms with Crippen molar-refractivity contribution in [1.29, 1.82) is 0 Å². The second kappa shape index (κ2) is 4.34. The molecule has 0 atom stereocenters. The van der Waals surface area contributed by atoms with Crippen LogP contribution in [0, 0.1) is 5.82 Å². The van der Waals surface area contributed by atoms with Gasteiger partial charge in [0.2, 0.25) is 0 Å². The summed E-state index contributed by atoms with van der Waals surface area (Å²) >= 11 is 5.73. The van der Waals surface area contributed by atoms with Gasteiger partial charge in [0.15, 0.2) is 9.84 Å². The molecule has 0 spiro atoms. The highest BCUT2D eigenvalue weighted by Gasteiger charge is 2.31. The minimum Gasteiger partial charge on any atom is -0.228 e. The van der Waals surface area contributed by atoms with Gasteiger partial charge in [0.25, 0.3) is 0 Å². The minimum atomic E-state index is -3.17. The predicted molar refractivity (Wildman–Crippen MR) is 61.7 cm³/mol. The summed E-state index contributed by atoms with van der Waals surface area (Å²) in [6.45, 7) is 0. The van der Waals surface area contributed by atoms with E-state index in [0.717, 1.165) is 19.3 Å². The van der Waals surface area contributed by atoms with Crippen molar-refractivity contribution in [2.24, 2.45) is 0 Å². The molecule has 0 radical (unpaired) electrons. The van der Waals surface area contributed by atoms with Gasteiger partial charge in [-0.15, -0.1) is 0 Å². The van der Waals surface area contributed by atoms with Crippen molar-refractivity contribution in [1.82, 2.24) is 0 Å². The smallest absolute Gasteiger partial charge is 0.157 e. The van der Waals surface area contributed by atoms with Crippen molar-refractivity contribution in [3.05, 3.63) is 34.6 Å². The number of halogens is 2. The van der Waals surface area contributed by atoms with Crippen LogP contribution in [-0.4, -0.2) is 13.7 Å². The van der Waals surface area contributed by atoms with Crippen LogP contribution in [-0.2, 0) is 15.6 Å². The molecule has 0 unspecified atom stereocenters. The molecule has 1 saturated carbocycles. The number of hydrogen-bond donors (Lipinski definition) is 0. The number of hydrogen-bond acceptors (Lipinski definition) is 2. The maximum absolute atomic E-state index is 13.1. The maximum Gasteiger partial charge on any atom is 0.157 e. The van der Waals surface area contributed by atoms with E-state index in [2.05, 4.69) is 0 Å². The molecule has 0 amide bonds. The van der Waals surface area contributed by atoms with Crippen molar-refractivity contribution in [3.63, 3.8) is 0 Å². The summed E-state index contributed by atoms with van der Waals surface area (Å²) in [5.41, 5.74) is 0.355. The topological polar surface area (TPSA) is 34.1 Å². The highest BCUT2D eigenvalue weighted by molar-refractivity contribution is 7.91. The van der Waals surface area contributed by atoms with Crippen molar-refractivity contribution in [2.75, 3.05) is 0 Å². The Morgan fingerprint density at radius 1 is 1.38 bits per heavy atom. The lowest BCUT2D eigenvalue weighted by Gasteiger charge is -2.25. The molecule has 0 N–H and O–H groups in total. The molecule has 2 nitrogen and oxygen atoms in total. The van der Waals surface area contributed by atoms with Crippen LogP contribution in [0.25, 0.3) is 0 Å². The average Bonchev–Trinajstić information content (AvgIpc) is 2.08. The number of benzene rings is 1. The molecule has 0 aliphatic heterocycles. The van der Waals surface area contributed by atoms with E-state index in [0.29, 0.717) is 5.56 Å². The Balaban J connectivity index is 2.23. The van der Waals surface area contributed by atoms with Gasteiger partial charge in [-0.05, 0) is 24.5 Å². The monoisotopic (exact) mass is 262 g/mol. The largest absolute Gasteiger partial charge is 0.228 e. The fourth-order valence-corrected chi connectivity index (χ4v) is 3.96. The fourth-order valence-electron chi connectivity index (χ4n) is 1.72. The Hall–Kier alpha value is -0.610. The summed E-state index contributed by atoms with van der Waals surface area (Å²) < 4.78 is 36.9. The first kappa shape index (κ1) is 11.9. The summed E-state index contributed by atoms with van der Waals surface area (Å²) in [6, 6.07) is 4.26. The Labute approximate surface area is 99.3 Å². The van der Waals surface area contributed by atoms with Gasteiger partial charge in [0.1, 0.15) is 5.82 Å². The normalized spacial score (nSPS) is 17.1. The van der Waals surface area contributed by atoms with Crippen molar-refractivity contribution < 1.29 is 12.8 Å². The van der Waals surface area contributed by atoms with E-state index in [-0.39, 0.29) is 16.0 Å². The molecule has 1 aromatic carbocycles. The molecule has 1 fully saturated rings. The van der Waals surface area contributed by atoms with Gasteiger partial charge in [0.05, 0.1) is 16.0 Å². The summed E-state index contributed by atoms with van der Waals surface area (Å²) in [7, 11) is -3.17. The quantitative estimate of drug-likeness (QED) is 0.839. The first-order valence-corrected chi connectivity index (χ1v) is 7.24. The van der Waals surface area contributed by atoms with E-state index < -0.39 is 15.7 Å². The molecule has 1 aliphatic rings. The Morgan fingerprint density at radius 2 is 2.06 bits per heavy atom. The third-order valence-corrected chi connectivity index (χ3v) is 5.57. The van der Waals surface area contributed by atoms with Gasteiger partial charge >= 0.3 is 0 Å². The van der Waals surface area contributed by atoms with Gasteiger partial charge in [-0.2, -0.15) is 0 Å². The zero-order valence-electron chi connectivity index (χ0n) is 8.62. The van der Waals surface area contributed by atoms with Crippen LogP contribution >= 0.6 is 11.6 Å². The summed E-state index contributed by atoms with van der Waals surface area (Å²) in [5, 5.41) is -0.336. The van der Waals surface area contributed by atoms with Crippen LogP contribution in [0.5, 0.6) is 0 Å². The molecule has 0 saturated heterocycles. The van der Waals surface area contributed by atoms with E-state index in [1.54, 1.807) is 6.07 Å². The van der Waals surface area contributed by atoms with Gasteiger partial charge in [-0.3, -0.25) is 0 Å². The highest BCUT2D eigenvalue weighted by atomic mass is 35.5. The third kappa shape index (κ3) is 2.23. The van der Waals surface area contributed by atoms with E-state index in [1.807, 2.05) is 0 Å². The van der Waals surface area contributed by atoms with E-state index in [9.17, 15) is 12.8 Å². The Morgan fingerprint density at radius 3 is 2.62 bits per heavy atom. The maximum atomic E-state index is 13.1. The third-order valence-electron chi connectivity index (χ3n) is 2.95. The fraction of sp³-hybridized carbons (Fsp3) is 0.455. The van der Waals surface area contributed by atoms with Crippen LogP contribution in [0.3, 0.4) is 0 Å². The molecule has 0 bridgehead atoms. The number of rotatable bonds is 3. The van der Waals surface area contributed by atoms with Gasteiger partial charge < -0.3 is 0 Å². The second-order valence-corrected chi connectivity index (χ2v) is 6.73. The standard InChI is InChI=1S/C11H12ClFO2S/c12-11-8(3-1-6-10(11)13)7-16(14,15)9-4-2-5-9/h1,3,6,9H,2,4-5,7H2. The van der Waals surface area contributed by atoms with E-state index >= 15 is 0 Å². The zero-order valence-corrected chi connectivity index (χ0v) is 10.2. The molecule has 1 aromatic rings. The van der Waals surface area contributed by atoms with Gasteiger partial charge in [-0.25, -0.2) is 12.8 Å². The van der Waals surface area contributed by atoms with E-state index in [4.69, 9.17) is 11.6 Å². The van der Waals surface area contributed by atoms with Crippen LogP contribution in [0.15, 0.2) is 18.2 Å². The summed E-state index contributed by atoms with van der Waals surface area (Å²) in [6.07, 6.45) is 2.39. The lowest BCUT2D eigenvalue weighted by Crippen LogP contribution is -2.29. The van der Waals surface area contributed by atoms with Crippen LogP contribution in [0.4, 0.5) is 4.39 Å². The Kier molecular flexibility index (Phi) is 3.22. The predicted octanol–water partition coefficient (Wildman–Crippen LogP) is 2.95. The lowest BCUT2D eigenvalue weighted by molar-refractivity contribution is 0.476. The second-order valence-electron chi connectivity index (χ2n) is 4.07. The Bertz CT molecular complexity index is 495. The van der Waals surface area contributed by atoms with Crippen LogP contribution in [0.1, 0.15) is 24.8 Å². The summed E-state index contributed by atoms with van der Waals surface area (Å²) in [4.78, 5) is 0. The SMILES string of the molecule is O=S(=O)(Cc1cccc(F)c1Cl)C1CCC1. The van der Waals surface area contributed by atoms with Crippen molar-refractivity contribution in [3.8, 4) is 0 Å². The van der Waals surface area contributed by atoms with Gasteiger partial charge in [-0.1, -0.05) is 30.2 Å². The molecule has 0 heterocycles. The van der Waals surface area contributed by atoms with E-state index in [1.165, 1.54) is 12.1 Å². The minimum absolute atomic E-state index is 0.0783. The molecule has 88 valence electrons. The van der Waals surface area contributed by atoms with Gasteiger partial charge in [0, 0.05) is 0 Å². The van der Waals surface area contributed by atoms with Crippen molar-refractivity contribution in [2.45, 2.75) is 30.3 Å². The molecule has 16 heavy (non-hydrogen) atoms. The molecule has 0 aromatic heterocycles. The van der Waals surface area contributed by atoms with Crippen LogP contribution in [0.2, 0.25) is 5.02 Å². The molecule has 2 rings (SSSR count). The van der Waals surface area contributed by atoms with Crippen LogP contribution < -0.4 is 0 Å². The first-order valence-electron chi connectivity index (χ1n) is 5.15. The van der Waals surface area contributed by atoms with Crippen molar-refractivity contribution >= 4 is 21.4 Å². The summed E-state index contributed by atoms with van der Waals surface area (Å²) in [5.74, 6) is -0.725. The molecular formula is C11H12ClFO2S. The average molecular weight is 263 g/mol.